The van der Waals surface area contributed by atoms with Crippen LogP contribution in [0.3, 0.4) is 0 Å². The molecule has 0 aliphatic rings. The molecule has 35 heavy (non-hydrogen) atoms. The van der Waals surface area contributed by atoms with E-state index in [1.807, 2.05) is 68.7 Å². The Morgan fingerprint density at radius 2 is 1.69 bits per heavy atom. The van der Waals surface area contributed by atoms with E-state index in [0.29, 0.717) is 16.7 Å². The summed E-state index contributed by atoms with van der Waals surface area (Å²) in [6, 6.07) is 13.2. The molecule has 4 aromatic rings. The van der Waals surface area contributed by atoms with Crippen molar-refractivity contribution in [1.29, 1.82) is 0 Å². The Balaban J connectivity index is 1.63. The van der Waals surface area contributed by atoms with E-state index in [1.165, 1.54) is 17.8 Å². The topological polar surface area (TPSA) is 126 Å². The lowest BCUT2D eigenvalue weighted by Crippen LogP contribution is -2.23. The van der Waals surface area contributed by atoms with E-state index in [2.05, 4.69) is 25.5 Å². The first-order valence-electron chi connectivity index (χ1n) is 11.0. The highest BCUT2D eigenvalue weighted by atomic mass is 32.2. The van der Waals surface area contributed by atoms with Crippen molar-refractivity contribution >= 4 is 23.4 Å². The van der Waals surface area contributed by atoms with Gasteiger partial charge in [-0.15, -0.1) is 10.2 Å². The fourth-order valence-electron chi connectivity index (χ4n) is 3.77. The minimum atomic E-state index is -0.581. The summed E-state index contributed by atoms with van der Waals surface area (Å²) < 4.78 is 1.87. The number of anilines is 1. The number of thioether (sulfide) groups is 1. The van der Waals surface area contributed by atoms with E-state index in [9.17, 15) is 14.4 Å². The highest BCUT2D eigenvalue weighted by Gasteiger charge is 2.19. The molecule has 0 fully saturated rings. The average Bonchev–Trinajstić information content (AvgIpc) is 3.17. The Morgan fingerprint density at radius 1 is 0.943 bits per heavy atom. The second-order valence-corrected chi connectivity index (χ2v) is 9.41. The Morgan fingerprint density at radius 3 is 2.43 bits per heavy atom. The van der Waals surface area contributed by atoms with Gasteiger partial charge in [0.2, 0.25) is 5.91 Å². The average molecular weight is 491 g/mol. The Labute approximate surface area is 206 Å². The Bertz CT molecular complexity index is 1490. The van der Waals surface area contributed by atoms with Crippen LogP contribution >= 0.6 is 11.8 Å². The van der Waals surface area contributed by atoms with Gasteiger partial charge in [0.25, 0.3) is 5.56 Å². The molecule has 0 unspecified atom stereocenters. The molecule has 1 amide bonds. The van der Waals surface area contributed by atoms with Gasteiger partial charge in [-0.2, -0.15) is 0 Å². The third kappa shape index (κ3) is 5.78. The molecule has 0 aliphatic carbocycles. The molecule has 0 bridgehead atoms. The van der Waals surface area contributed by atoms with Crippen molar-refractivity contribution in [1.82, 2.24) is 24.7 Å². The number of aromatic amines is 2. The highest BCUT2D eigenvalue weighted by Crippen LogP contribution is 2.26. The van der Waals surface area contributed by atoms with Gasteiger partial charge in [0.15, 0.2) is 5.16 Å². The van der Waals surface area contributed by atoms with Crippen LogP contribution in [0.1, 0.15) is 33.8 Å². The predicted octanol–water partition coefficient (Wildman–Crippen LogP) is 3.20. The van der Waals surface area contributed by atoms with Crippen LogP contribution in [0.5, 0.6) is 0 Å². The van der Waals surface area contributed by atoms with E-state index in [4.69, 9.17) is 0 Å². The third-order valence-electron chi connectivity index (χ3n) is 5.46. The van der Waals surface area contributed by atoms with Gasteiger partial charge in [-0.25, -0.2) is 4.79 Å². The molecule has 0 atom stereocenters. The number of hydrogen-bond donors (Lipinski definition) is 3. The molecule has 2 heterocycles. The number of aromatic nitrogens is 5. The Kier molecular flexibility index (Phi) is 7.02. The summed E-state index contributed by atoms with van der Waals surface area (Å²) in [5, 5.41) is 12.2. The van der Waals surface area contributed by atoms with Crippen LogP contribution in [0.25, 0.3) is 5.69 Å². The van der Waals surface area contributed by atoms with Gasteiger partial charge in [-0.05, 0) is 56.5 Å². The molecule has 0 spiro atoms. The molecule has 2 aromatic carbocycles. The predicted molar refractivity (Wildman–Crippen MR) is 137 cm³/mol. The fraction of sp³-hybridized carbons (Fsp3) is 0.240. The number of carbonyl (C=O) groups excluding carboxylic acids is 1. The van der Waals surface area contributed by atoms with Crippen LogP contribution in [0.4, 0.5) is 5.69 Å². The first-order valence-corrected chi connectivity index (χ1v) is 12.0. The number of carbonyl (C=O) groups is 1. The SMILES string of the molecule is Cc1ccc(NC(=O)CSc2nnc(Cc3cc(=O)[nH]c(=O)[nH]3)n2-c2cc(C)ccc2C)c(C)c1. The van der Waals surface area contributed by atoms with Gasteiger partial charge < -0.3 is 10.3 Å². The quantitative estimate of drug-likeness (QED) is 0.342. The molecule has 2 aromatic heterocycles. The van der Waals surface area contributed by atoms with Gasteiger partial charge in [0.05, 0.1) is 11.4 Å². The van der Waals surface area contributed by atoms with E-state index in [0.717, 1.165) is 33.6 Å². The number of hydrogen-bond acceptors (Lipinski definition) is 6. The van der Waals surface area contributed by atoms with Gasteiger partial charge >= 0.3 is 5.69 Å². The summed E-state index contributed by atoms with van der Waals surface area (Å²) in [6.07, 6.45) is 0.189. The molecule has 0 saturated heterocycles. The molecule has 0 radical (unpaired) electrons. The largest absolute Gasteiger partial charge is 0.325 e. The lowest BCUT2D eigenvalue weighted by atomic mass is 10.1. The summed E-state index contributed by atoms with van der Waals surface area (Å²) in [7, 11) is 0. The minimum absolute atomic E-state index is 0.137. The van der Waals surface area contributed by atoms with E-state index in [1.54, 1.807) is 0 Å². The highest BCUT2D eigenvalue weighted by molar-refractivity contribution is 7.99. The van der Waals surface area contributed by atoms with Gasteiger partial charge in [0.1, 0.15) is 5.82 Å². The maximum atomic E-state index is 12.7. The monoisotopic (exact) mass is 490 g/mol. The second kappa shape index (κ2) is 10.1. The zero-order valence-corrected chi connectivity index (χ0v) is 20.7. The maximum absolute atomic E-state index is 12.7. The molecule has 9 nitrogen and oxygen atoms in total. The summed E-state index contributed by atoms with van der Waals surface area (Å²) in [4.78, 5) is 41.0. The fourth-order valence-corrected chi connectivity index (χ4v) is 4.53. The first kappa shape index (κ1) is 24.2. The van der Waals surface area contributed by atoms with Gasteiger partial charge in [-0.1, -0.05) is 41.6 Å². The van der Waals surface area contributed by atoms with Crippen LogP contribution in [-0.2, 0) is 11.2 Å². The first-order chi connectivity index (χ1) is 16.7. The van der Waals surface area contributed by atoms with E-state index < -0.39 is 11.2 Å². The normalized spacial score (nSPS) is 11.0. The minimum Gasteiger partial charge on any atom is -0.325 e. The summed E-state index contributed by atoms with van der Waals surface area (Å²) in [5.74, 6) is 0.521. The van der Waals surface area contributed by atoms with Gasteiger partial charge in [0, 0.05) is 23.9 Å². The lowest BCUT2D eigenvalue weighted by molar-refractivity contribution is -0.113. The van der Waals surface area contributed by atoms with Crippen molar-refractivity contribution in [3.63, 3.8) is 0 Å². The van der Waals surface area contributed by atoms with Crippen molar-refractivity contribution in [3.05, 3.63) is 97.1 Å². The number of benzene rings is 2. The molecular weight excluding hydrogens is 464 g/mol. The summed E-state index contributed by atoms with van der Waals surface area (Å²) in [6.45, 7) is 7.94. The standard InChI is InChI=1S/C25H26N6O3S/c1-14-6-8-19(17(4)9-14)27-23(33)13-35-25-30-29-21(11-18-12-22(32)28-24(34)26-18)31(25)20-10-15(2)5-7-16(20)3/h5-10,12H,11,13H2,1-4H3,(H,27,33)(H2,26,28,32,34). The number of nitrogens with one attached hydrogen (secondary N) is 3. The number of rotatable bonds is 7. The molecular formula is C25H26N6O3S. The van der Waals surface area contributed by atoms with Crippen molar-refractivity contribution in [2.75, 3.05) is 11.1 Å². The summed E-state index contributed by atoms with van der Waals surface area (Å²) in [5.41, 5.74) is 5.17. The van der Waals surface area contributed by atoms with Crippen LogP contribution in [0.15, 0.2) is 57.2 Å². The zero-order chi connectivity index (χ0) is 25.1. The number of nitrogens with zero attached hydrogens (tertiary/aromatic N) is 3. The summed E-state index contributed by atoms with van der Waals surface area (Å²) >= 11 is 1.27. The van der Waals surface area contributed by atoms with Crippen molar-refractivity contribution < 1.29 is 4.79 Å². The lowest BCUT2D eigenvalue weighted by Gasteiger charge is -2.14. The van der Waals surface area contributed by atoms with Crippen molar-refractivity contribution in [3.8, 4) is 5.69 Å². The zero-order valence-electron chi connectivity index (χ0n) is 19.9. The number of H-pyrrole nitrogens is 2. The Hall–Kier alpha value is -3.92. The molecule has 4 rings (SSSR count). The van der Waals surface area contributed by atoms with E-state index in [-0.39, 0.29) is 18.1 Å². The number of amides is 1. The smallest absolute Gasteiger partial charge is 0.325 e. The van der Waals surface area contributed by atoms with Crippen LogP contribution < -0.4 is 16.6 Å². The van der Waals surface area contributed by atoms with Crippen molar-refractivity contribution in [2.24, 2.45) is 0 Å². The molecule has 0 aliphatic heterocycles. The molecule has 0 saturated carbocycles. The van der Waals surface area contributed by atoms with Gasteiger partial charge in [-0.3, -0.25) is 19.1 Å². The van der Waals surface area contributed by atoms with E-state index >= 15 is 0 Å². The van der Waals surface area contributed by atoms with Crippen LogP contribution in [-0.4, -0.2) is 36.4 Å². The second-order valence-electron chi connectivity index (χ2n) is 8.47. The molecule has 3 N–H and O–H groups in total. The van der Waals surface area contributed by atoms with Crippen molar-refractivity contribution in [2.45, 2.75) is 39.3 Å². The molecule has 10 heteroatoms. The van der Waals surface area contributed by atoms with Crippen LogP contribution in [0.2, 0.25) is 0 Å². The maximum Gasteiger partial charge on any atom is 0.325 e. The third-order valence-corrected chi connectivity index (χ3v) is 6.39. The molecule has 180 valence electrons. The number of aryl methyl sites for hydroxylation is 4. The van der Waals surface area contributed by atoms with Crippen LogP contribution in [0, 0.1) is 27.7 Å².